The van der Waals surface area contributed by atoms with E-state index < -0.39 is 0 Å². The number of benzene rings is 1. The molecule has 1 aromatic heterocycles. The molecule has 2 heteroatoms. The maximum absolute atomic E-state index is 4.72. The predicted octanol–water partition coefficient (Wildman–Crippen LogP) is 6.70. The molecule has 1 aromatic carbocycles. The highest BCUT2D eigenvalue weighted by molar-refractivity contribution is 5.78. The van der Waals surface area contributed by atoms with Gasteiger partial charge >= 0.3 is 0 Å². The first kappa shape index (κ1) is 19.9. The summed E-state index contributed by atoms with van der Waals surface area (Å²) in [7, 11) is 0. The number of aromatic nitrogens is 2. The minimum atomic E-state index is 1.03. The first-order chi connectivity index (χ1) is 13.7. The van der Waals surface area contributed by atoms with E-state index in [9.17, 15) is 0 Å². The van der Waals surface area contributed by atoms with Gasteiger partial charge in [-0.05, 0) is 62.3 Å². The third-order valence-electron chi connectivity index (χ3n) is 5.16. The summed E-state index contributed by atoms with van der Waals surface area (Å²) < 4.78 is 2.41. The maximum Gasteiger partial charge on any atom is 0.106 e. The van der Waals surface area contributed by atoms with Crippen molar-refractivity contribution in [3.05, 3.63) is 102 Å². The van der Waals surface area contributed by atoms with Crippen LogP contribution in [0.15, 0.2) is 78.9 Å². The van der Waals surface area contributed by atoms with Crippen LogP contribution >= 0.6 is 0 Å². The smallest absolute Gasteiger partial charge is 0.106 e. The van der Waals surface area contributed by atoms with Gasteiger partial charge in [0.2, 0.25) is 0 Å². The molecule has 144 valence electrons. The van der Waals surface area contributed by atoms with Gasteiger partial charge in [0.25, 0.3) is 0 Å². The number of allylic oxidation sites excluding steroid dienone is 8. The van der Waals surface area contributed by atoms with E-state index in [1.54, 1.807) is 6.08 Å². The lowest BCUT2D eigenvalue weighted by atomic mass is 9.97. The quantitative estimate of drug-likeness (QED) is 0.373. The first-order valence-electron chi connectivity index (χ1n) is 10.1. The van der Waals surface area contributed by atoms with E-state index in [2.05, 4.69) is 79.6 Å². The van der Waals surface area contributed by atoms with Gasteiger partial charge in [-0.3, -0.25) is 0 Å². The Hall–Kier alpha value is -2.87. The van der Waals surface area contributed by atoms with Crippen LogP contribution in [0.1, 0.15) is 49.0 Å². The lowest BCUT2D eigenvalue weighted by Gasteiger charge is -2.12. The Balaban J connectivity index is 1.73. The molecule has 0 bridgehead atoms. The second-order valence-electron chi connectivity index (χ2n) is 7.18. The van der Waals surface area contributed by atoms with Gasteiger partial charge in [0.15, 0.2) is 0 Å². The van der Waals surface area contributed by atoms with Crippen molar-refractivity contribution in [1.29, 1.82) is 0 Å². The van der Waals surface area contributed by atoms with Crippen molar-refractivity contribution in [1.82, 2.24) is 9.55 Å². The van der Waals surface area contributed by atoms with Crippen LogP contribution in [0.5, 0.6) is 0 Å². The molecule has 0 unspecified atom stereocenters. The third kappa shape index (κ3) is 4.89. The monoisotopic (exact) mass is 370 g/mol. The highest BCUT2D eigenvalue weighted by Gasteiger charge is 2.14. The standard InChI is InChI=1S/C26H30N2/c1-4-5-7-14-21(2)24(23-15-8-6-9-16-23)17-12-13-20-28-22(3)27-25-18-10-11-19-26(25)28/h4-10,14-18H,1,11-13,19-20H2,2-3H3/b7-5-,21-14+,24-17-. The van der Waals surface area contributed by atoms with E-state index >= 15 is 0 Å². The summed E-state index contributed by atoms with van der Waals surface area (Å²) in [5.41, 5.74) is 6.41. The summed E-state index contributed by atoms with van der Waals surface area (Å²) >= 11 is 0. The largest absolute Gasteiger partial charge is 0.332 e. The Kier molecular flexibility index (Phi) is 7.02. The number of imidazole rings is 1. The fraction of sp³-hybridized carbons (Fsp3) is 0.269. The van der Waals surface area contributed by atoms with Crippen LogP contribution in [0.25, 0.3) is 11.6 Å². The molecule has 0 spiro atoms. The van der Waals surface area contributed by atoms with Crippen LogP contribution in [0.4, 0.5) is 0 Å². The second kappa shape index (κ2) is 9.89. The van der Waals surface area contributed by atoms with Crippen LogP contribution in [0, 0.1) is 6.92 Å². The number of hydrogen-bond donors (Lipinski definition) is 0. The Labute approximate surface area is 169 Å². The topological polar surface area (TPSA) is 17.8 Å². The molecular weight excluding hydrogens is 340 g/mol. The molecule has 0 fully saturated rings. The van der Waals surface area contributed by atoms with E-state index in [1.807, 2.05) is 12.2 Å². The molecule has 0 saturated carbocycles. The molecule has 0 saturated heterocycles. The van der Waals surface area contributed by atoms with Crippen molar-refractivity contribution in [2.24, 2.45) is 0 Å². The average molecular weight is 371 g/mol. The van der Waals surface area contributed by atoms with Gasteiger partial charge < -0.3 is 4.57 Å². The molecular formula is C26H30N2. The minimum absolute atomic E-state index is 1.03. The number of hydrogen-bond acceptors (Lipinski definition) is 1. The zero-order chi connectivity index (χ0) is 19.8. The molecule has 28 heavy (non-hydrogen) atoms. The third-order valence-corrected chi connectivity index (χ3v) is 5.16. The van der Waals surface area contributed by atoms with Crippen molar-refractivity contribution in [3.8, 4) is 0 Å². The Morgan fingerprint density at radius 2 is 2.04 bits per heavy atom. The number of unbranched alkanes of at least 4 members (excludes halogenated alkanes) is 1. The van der Waals surface area contributed by atoms with Crippen LogP contribution < -0.4 is 0 Å². The number of nitrogens with zero attached hydrogens (tertiary/aromatic N) is 2. The molecule has 0 radical (unpaired) electrons. The van der Waals surface area contributed by atoms with Crippen LogP contribution in [0.2, 0.25) is 0 Å². The second-order valence-corrected chi connectivity index (χ2v) is 7.18. The van der Waals surface area contributed by atoms with Gasteiger partial charge in [0.1, 0.15) is 5.82 Å². The molecule has 0 atom stereocenters. The maximum atomic E-state index is 4.72. The molecule has 0 N–H and O–H groups in total. The normalized spacial score (nSPS) is 14.5. The average Bonchev–Trinajstić information content (AvgIpc) is 3.04. The summed E-state index contributed by atoms with van der Waals surface area (Å²) in [5.74, 6) is 1.13. The zero-order valence-corrected chi connectivity index (χ0v) is 17.1. The summed E-state index contributed by atoms with van der Waals surface area (Å²) in [6, 6.07) is 10.6. The fourth-order valence-corrected chi connectivity index (χ4v) is 3.73. The molecule has 2 nitrogen and oxygen atoms in total. The van der Waals surface area contributed by atoms with Crippen molar-refractivity contribution in [2.75, 3.05) is 0 Å². The van der Waals surface area contributed by atoms with E-state index in [0.717, 1.165) is 43.7 Å². The van der Waals surface area contributed by atoms with Gasteiger partial charge in [-0.25, -0.2) is 4.98 Å². The SMILES string of the molecule is C=C\C=C/C=C(C)/C(=C/CCCn1c(C)nc2c1CCC=C2)c1ccccc1. The molecule has 0 amide bonds. The molecule has 1 heterocycles. The Morgan fingerprint density at radius 1 is 1.21 bits per heavy atom. The van der Waals surface area contributed by atoms with Crippen LogP contribution in [-0.4, -0.2) is 9.55 Å². The molecule has 0 aliphatic heterocycles. The highest BCUT2D eigenvalue weighted by Crippen LogP contribution is 2.25. The van der Waals surface area contributed by atoms with E-state index in [1.165, 1.54) is 22.4 Å². The van der Waals surface area contributed by atoms with E-state index in [4.69, 9.17) is 4.98 Å². The molecule has 2 aromatic rings. The van der Waals surface area contributed by atoms with E-state index in [-0.39, 0.29) is 0 Å². The summed E-state index contributed by atoms with van der Waals surface area (Å²) in [5, 5.41) is 0. The summed E-state index contributed by atoms with van der Waals surface area (Å²) in [6.45, 7) is 9.07. The molecule has 3 rings (SSSR count). The zero-order valence-electron chi connectivity index (χ0n) is 17.1. The van der Waals surface area contributed by atoms with Gasteiger partial charge in [-0.2, -0.15) is 0 Å². The van der Waals surface area contributed by atoms with E-state index in [0.29, 0.717) is 0 Å². The lowest BCUT2D eigenvalue weighted by molar-refractivity contribution is 0.605. The molecule has 1 aliphatic carbocycles. The summed E-state index contributed by atoms with van der Waals surface area (Å²) in [4.78, 5) is 4.72. The van der Waals surface area contributed by atoms with Gasteiger partial charge in [-0.1, -0.05) is 73.4 Å². The minimum Gasteiger partial charge on any atom is -0.332 e. The number of rotatable bonds is 8. The number of aryl methyl sites for hydroxylation is 1. The Bertz CT molecular complexity index is 921. The van der Waals surface area contributed by atoms with Crippen molar-refractivity contribution < 1.29 is 0 Å². The van der Waals surface area contributed by atoms with Crippen LogP contribution in [0.3, 0.4) is 0 Å². The van der Waals surface area contributed by atoms with Crippen molar-refractivity contribution in [3.63, 3.8) is 0 Å². The summed E-state index contributed by atoms with van der Waals surface area (Å²) in [6.07, 6.45) is 19.1. The van der Waals surface area contributed by atoms with Crippen molar-refractivity contribution >= 4 is 11.6 Å². The fourth-order valence-electron chi connectivity index (χ4n) is 3.73. The molecule has 1 aliphatic rings. The van der Waals surface area contributed by atoms with Gasteiger partial charge in [-0.15, -0.1) is 0 Å². The van der Waals surface area contributed by atoms with Gasteiger partial charge in [0, 0.05) is 12.2 Å². The predicted molar refractivity (Wildman–Crippen MR) is 121 cm³/mol. The van der Waals surface area contributed by atoms with Crippen molar-refractivity contribution in [2.45, 2.75) is 46.1 Å². The van der Waals surface area contributed by atoms with Gasteiger partial charge in [0.05, 0.1) is 5.69 Å². The Morgan fingerprint density at radius 3 is 2.82 bits per heavy atom. The first-order valence-corrected chi connectivity index (χ1v) is 10.1. The lowest BCUT2D eigenvalue weighted by Crippen LogP contribution is -2.07. The highest BCUT2D eigenvalue weighted by atomic mass is 15.1. The van der Waals surface area contributed by atoms with Crippen LogP contribution in [-0.2, 0) is 13.0 Å². The number of fused-ring (bicyclic) bond motifs is 1.